The van der Waals surface area contributed by atoms with Crippen molar-refractivity contribution in [3.05, 3.63) is 71.7 Å². The number of ketones is 2. The Hall–Kier alpha value is -3.28. The second-order valence-corrected chi connectivity index (χ2v) is 5.63. The predicted molar refractivity (Wildman–Crippen MR) is 92.4 cm³/mol. The number of carbonyl (C=O) groups excluding carboxylic acids is 2. The van der Waals surface area contributed by atoms with Gasteiger partial charge in [0.1, 0.15) is 22.8 Å². The smallest absolute Gasteiger partial charge is 0.163 e. The number of furan rings is 2. The zero-order valence-electron chi connectivity index (χ0n) is 14.0. The van der Waals surface area contributed by atoms with Crippen molar-refractivity contribution in [1.82, 2.24) is 0 Å². The highest BCUT2D eigenvalue weighted by Crippen LogP contribution is 2.24. The second-order valence-electron chi connectivity index (χ2n) is 5.63. The van der Waals surface area contributed by atoms with Crippen molar-refractivity contribution < 1.29 is 27.2 Å². The summed E-state index contributed by atoms with van der Waals surface area (Å²) in [5, 5.41) is 0.709. The molecule has 0 aliphatic carbocycles. The molecule has 4 rings (SSSR count). The molecule has 0 spiro atoms. The Morgan fingerprint density at radius 3 is 1.42 bits per heavy atom. The largest absolute Gasteiger partial charge is 0.463 e. The Labute approximate surface area is 147 Å². The number of rotatable bonds is 2. The molecule has 0 bridgehead atoms. The number of hydrogen-bond donors (Lipinski definition) is 0. The first-order valence-corrected chi connectivity index (χ1v) is 7.73. The molecule has 0 saturated heterocycles. The zero-order valence-corrected chi connectivity index (χ0v) is 14.0. The first-order chi connectivity index (χ1) is 12.4. The van der Waals surface area contributed by atoms with Crippen LogP contribution in [0.25, 0.3) is 21.9 Å². The number of halogens is 2. The molecule has 4 aromatic rings. The van der Waals surface area contributed by atoms with E-state index in [1.165, 1.54) is 62.8 Å². The summed E-state index contributed by atoms with van der Waals surface area (Å²) in [7, 11) is 0. The molecule has 2 aromatic heterocycles. The van der Waals surface area contributed by atoms with Gasteiger partial charge in [-0.25, -0.2) is 8.78 Å². The van der Waals surface area contributed by atoms with Gasteiger partial charge in [-0.1, -0.05) is 0 Å². The number of carbonyl (C=O) groups is 2. The van der Waals surface area contributed by atoms with Gasteiger partial charge < -0.3 is 8.83 Å². The van der Waals surface area contributed by atoms with E-state index < -0.39 is 0 Å². The maximum absolute atomic E-state index is 13.1. The fourth-order valence-electron chi connectivity index (χ4n) is 2.61. The fourth-order valence-corrected chi connectivity index (χ4v) is 2.61. The van der Waals surface area contributed by atoms with Crippen LogP contribution in [0.1, 0.15) is 34.6 Å². The first kappa shape index (κ1) is 17.5. The molecule has 0 radical (unpaired) electrons. The molecule has 0 unspecified atom stereocenters. The van der Waals surface area contributed by atoms with Gasteiger partial charge in [-0.2, -0.15) is 0 Å². The van der Waals surface area contributed by atoms with E-state index >= 15 is 0 Å². The minimum Gasteiger partial charge on any atom is -0.463 e. The van der Waals surface area contributed by atoms with Crippen LogP contribution in [0.4, 0.5) is 8.78 Å². The van der Waals surface area contributed by atoms with Gasteiger partial charge in [0.2, 0.25) is 0 Å². The molecule has 0 atom stereocenters. The summed E-state index contributed by atoms with van der Waals surface area (Å²) in [5.41, 5.74) is 1.49. The van der Waals surface area contributed by atoms with Gasteiger partial charge in [-0.15, -0.1) is 0 Å². The van der Waals surface area contributed by atoms with Gasteiger partial charge in [0.05, 0.1) is 34.4 Å². The molecule has 0 aliphatic heterocycles. The summed E-state index contributed by atoms with van der Waals surface area (Å²) in [6.45, 7) is 2.85. The Morgan fingerprint density at radius 1 is 0.692 bits per heavy atom. The summed E-state index contributed by atoms with van der Waals surface area (Å²) >= 11 is 0. The van der Waals surface area contributed by atoms with E-state index in [1.54, 1.807) is 0 Å². The monoisotopic (exact) mass is 356 g/mol. The third-order valence-corrected chi connectivity index (χ3v) is 3.89. The average molecular weight is 356 g/mol. The number of hydrogen-bond acceptors (Lipinski definition) is 4. The van der Waals surface area contributed by atoms with Crippen molar-refractivity contribution in [3.63, 3.8) is 0 Å². The van der Waals surface area contributed by atoms with Gasteiger partial charge in [0.25, 0.3) is 0 Å². The van der Waals surface area contributed by atoms with E-state index in [4.69, 9.17) is 8.83 Å². The lowest BCUT2D eigenvalue weighted by Crippen LogP contribution is -1.92. The first-order valence-electron chi connectivity index (χ1n) is 7.73. The maximum Gasteiger partial charge on any atom is 0.163 e. The lowest BCUT2D eigenvalue weighted by atomic mass is 10.1. The van der Waals surface area contributed by atoms with Crippen molar-refractivity contribution in [3.8, 4) is 0 Å². The molecule has 0 N–H and O–H groups in total. The van der Waals surface area contributed by atoms with Crippen molar-refractivity contribution in [1.29, 1.82) is 0 Å². The van der Waals surface area contributed by atoms with E-state index in [9.17, 15) is 18.4 Å². The zero-order chi connectivity index (χ0) is 18.8. The number of fused-ring (bicyclic) bond motifs is 2. The van der Waals surface area contributed by atoms with E-state index in [1.807, 2.05) is 0 Å². The Bertz CT molecular complexity index is 1030. The molecular weight excluding hydrogens is 342 g/mol. The Balaban J connectivity index is 0.000000151. The van der Waals surface area contributed by atoms with E-state index in [0.717, 1.165) is 0 Å². The van der Waals surface area contributed by atoms with E-state index in [0.29, 0.717) is 33.1 Å². The molecule has 6 heteroatoms. The molecule has 2 heterocycles. The van der Waals surface area contributed by atoms with Crippen LogP contribution in [-0.4, -0.2) is 11.6 Å². The number of benzene rings is 2. The standard InChI is InChI=1S/2C10H7FO2/c2*1-6(12)7-2-3-9(11)8-4-5-13-10(7)8/h2*2-5H,1H3. The third kappa shape index (κ3) is 3.13. The molecule has 0 aliphatic rings. The summed E-state index contributed by atoms with van der Waals surface area (Å²) in [6.07, 6.45) is 2.75. The predicted octanol–water partition coefficient (Wildman–Crippen LogP) is 5.55. The molecule has 0 fully saturated rings. The molecule has 26 heavy (non-hydrogen) atoms. The van der Waals surface area contributed by atoms with Gasteiger partial charge >= 0.3 is 0 Å². The van der Waals surface area contributed by atoms with Crippen molar-refractivity contribution in [2.24, 2.45) is 0 Å². The molecule has 2 aromatic carbocycles. The Kier molecular flexibility index (Phi) is 4.67. The second kappa shape index (κ2) is 6.92. The van der Waals surface area contributed by atoms with Gasteiger partial charge in [0.15, 0.2) is 11.6 Å². The average Bonchev–Trinajstić information content (AvgIpc) is 3.25. The van der Waals surface area contributed by atoms with E-state index in [-0.39, 0.29) is 23.2 Å². The summed E-state index contributed by atoms with van der Waals surface area (Å²) < 4.78 is 36.2. The van der Waals surface area contributed by atoms with Crippen LogP contribution in [0.15, 0.2) is 57.8 Å². The van der Waals surface area contributed by atoms with Crippen LogP contribution >= 0.6 is 0 Å². The van der Waals surface area contributed by atoms with Gasteiger partial charge in [-0.05, 0) is 50.2 Å². The van der Waals surface area contributed by atoms with Crippen LogP contribution < -0.4 is 0 Å². The highest BCUT2D eigenvalue weighted by molar-refractivity contribution is 6.05. The van der Waals surface area contributed by atoms with E-state index in [2.05, 4.69) is 0 Å². The quantitative estimate of drug-likeness (QED) is 0.442. The molecular formula is C20H14F2O4. The van der Waals surface area contributed by atoms with Crippen molar-refractivity contribution in [2.75, 3.05) is 0 Å². The Morgan fingerprint density at radius 2 is 1.08 bits per heavy atom. The summed E-state index contributed by atoms with van der Waals surface area (Å²) in [4.78, 5) is 22.2. The minimum absolute atomic E-state index is 0.125. The SMILES string of the molecule is CC(=O)c1ccc(F)c2ccoc12.CC(=O)c1ccc(F)c2ccoc12. The number of Topliss-reactive ketones (excluding diaryl/α,β-unsaturated/α-hetero) is 2. The van der Waals surface area contributed by atoms with Gasteiger partial charge in [-0.3, -0.25) is 9.59 Å². The maximum atomic E-state index is 13.1. The van der Waals surface area contributed by atoms with Crippen LogP contribution in [0.5, 0.6) is 0 Å². The molecule has 4 nitrogen and oxygen atoms in total. The van der Waals surface area contributed by atoms with Crippen molar-refractivity contribution in [2.45, 2.75) is 13.8 Å². The van der Waals surface area contributed by atoms with Crippen LogP contribution in [0.2, 0.25) is 0 Å². The summed E-state index contributed by atoms with van der Waals surface area (Å²) in [6, 6.07) is 8.43. The van der Waals surface area contributed by atoms with Crippen LogP contribution in [-0.2, 0) is 0 Å². The molecule has 0 amide bonds. The topological polar surface area (TPSA) is 60.4 Å². The lowest BCUT2D eigenvalue weighted by molar-refractivity contribution is 0.100. The van der Waals surface area contributed by atoms with Gasteiger partial charge in [0, 0.05) is 0 Å². The fraction of sp³-hybridized carbons (Fsp3) is 0.100. The minimum atomic E-state index is -0.367. The van der Waals surface area contributed by atoms with Crippen LogP contribution in [0, 0.1) is 11.6 Å². The molecule has 0 saturated carbocycles. The lowest BCUT2D eigenvalue weighted by Gasteiger charge is -1.97. The summed E-state index contributed by atoms with van der Waals surface area (Å²) in [5.74, 6) is -0.984. The highest BCUT2D eigenvalue weighted by atomic mass is 19.1. The molecule has 132 valence electrons. The highest BCUT2D eigenvalue weighted by Gasteiger charge is 2.12. The van der Waals surface area contributed by atoms with Crippen molar-refractivity contribution >= 4 is 33.5 Å². The van der Waals surface area contributed by atoms with Crippen LogP contribution in [0.3, 0.4) is 0 Å². The third-order valence-electron chi connectivity index (χ3n) is 3.89. The normalized spacial score (nSPS) is 10.6.